The summed E-state index contributed by atoms with van der Waals surface area (Å²) in [7, 11) is 0. The van der Waals surface area contributed by atoms with Crippen molar-refractivity contribution in [3.05, 3.63) is 106 Å². The summed E-state index contributed by atoms with van der Waals surface area (Å²) in [5.74, 6) is 0.777. The van der Waals surface area contributed by atoms with Crippen molar-refractivity contribution in [3.63, 3.8) is 0 Å². The zero-order valence-corrected chi connectivity index (χ0v) is 19.3. The van der Waals surface area contributed by atoms with Crippen LogP contribution in [0, 0.1) is 13.8 Å². The topological polar surface area (TPSA) is 77.8 Å². The van der Waals surface area contributed by atoms with Gasteiger partial charge >= 0.3 is 0 Å². The van der Waals surface area contributed by atoms with Gasteiger partial charge in [-0.2, -0.15) is 0 Å². The van der Waals surface area contributed by atoms with Crippen LogP contribution >= 0.6 is 0 Å². The SMILES string of the molecule is Cc1cccc(NC(=O)COc2ccc3c(=O)c(Oc4ccc5ccccc5c4)coc3c2)c1C. The summed E-state index contributed by atoms with van der Waals surface area (Å²) in [6.07, 6.45) is 1.29. The Morgan fingerprint density at radius 1 is 0.886 bits per heavy atom. The second kappa shape index (κ2) is 9.35. The number of rotatable bonds is 6. The van der Waals surface area contributed by atoms with Crippen LogP contribution in [0.3, 0.4) is 0 Å². The first kappa shape index (κ1) is 22.2. The third-order valence-electron chi connectivity index (χ3n) is 5.91. The number of nitrogens with one attached hydrogen (secondary N) is 1. The third-order valence-corrected chi connectivity index (χ3v) is 5.91. The molecule has 6 heteroatoms. The van der Waals surface area contributed by atoms with E-state index in [9.17, 15) is 9.59 Å². The fourth-order valence-corrected chi connectivity index (χ4v) is 3.83. The molecule has 0 aliphatic rings. The van der Waals surface area contributed by atoms with Crippen molar-refractivity contribution in [2.24, 2.45) is 0 Å². The van der Waals surface area contributed by atoms with Gasteiger partial charge in [0.2, 0.25) is 11.2 Å². The molecule has 0 atom stereocenters. The molecule has 0 saturated carbocycles. The van der Waals surface area contributed by atoms with Crippen LogP contribution in [0.4, 0.5) is 5.69 Å². The molecule has 0 unspecified atom stereocenters. The Kier molecular flexibility index (Phi) is 5.94. The zero-order valence-electron chi connectivity index (χ0n) is 19.3. The lowest BCUT2D eigenvalue weighted by atomic mass is 10.1. The first-order valence-electron chi connectivity index (χ1n) is 11.2. The Balaban J connectivity index is 1.29. The van der Waals surface area contributed by atoms with E-state index >= 15 is 0 Å². The highest BCUT2D eigenvalue weighted by molar-refractivity contribution is 5.93. The normalized spacial score (nSPS) is 10.9. The molecule has 1 heterocycles. The lowest BCUT2D eigenvalue weighted by Gasteiger charge is -2.11. The van der Waals surface area contributed by atoms with Crippen molar-refractivity contribution in [1.82, 2.24) is 0 Å². The second-order valence-electron chi connectivity index (χ2n) is 8.28. The van der Waals surface area contributed by atoms with Crippen LogP contribution in [-0.4, -0.2) is 12.5 Å². The third kappa shape index (κ3) is 4.73. The first-order chi connectivity index (χ1) is 17.0. The van der Waals surface area contributed by atoms with Gasteiger partial charge < -0.3 is 19.2 Å². The molecule has 1 N–H and O–H groups in total. The number of fused-ring (bicyclic) bond motifs is 2. The number of aryl methyl sites for hydroxylation is 1. The maximum Gasteiger partial charge on any atom is 0.262 e. The molecule has 174 valence electrons. The number of hydrogen-bond acceptors (Lipinski definition) is 5. The Bertz CT molecular complexity index is 1620. The largest absolute Gasteiger partial charge is 0.484 e. The number of benzene rings is 4. The van der Waals surface area contributed by atoms with Crippen LogP contribution in [0.25, 0.3) is 21.7 Å². The van der Waals surface area contributed by atoms with Crippen molar-refractivity contribution in [2.75, 3.05) is 11.9 Å². The van der Waals surface area contributed by atoms with E-state index in [4.69, 9.17) is 13.9 Å². The Labute approximate surface area is 201 Å². The minimum absolute atomic E-state index is 0.0920. The van der Waals surface area contributed by atoms with Crippen molar-refractivity contribution in [1.29, 1.82) is 0 Å². The maximum atomic E-state index is 12.9. The second-order valence-corrected chi connectivity index (χ2v) is 8.28. The van der Waals surface area contributed by atoms with Gasteiger partial charge in [0.15, 0.2) is 6.61 Å². The van der Waals surface area contributed by atoms with Crippen molar-refractivity contribution < 1.29 is 18.7 Å². The summed E-state index contributed by atoms with van der Waals surface area (Å²) in [4.78, 5) is 25.3. The summed E-state index contributed by atoms with van der Waals surface area (Å²) in [5.41, 5.74) is 2.90. The summed E-state index contributed by atoms with van der Waals surface area (Å²) in [6.45, 7) is 3.77. The Hall–Kier alpha value is -4.58. The molecule has 0 aliphatic heterocycles. The number of carbonyl (C=O) groups is 1. The molecule has 0 fully saturated rings. The predicted octanol–water partition coefficient (Wildman–Crippen LogP) is 6.37. The molecule has 5 aromatic rings. The van der Waals surface area contributed by atoms with Gasteiger partial charge in [0, 0.05) is 11.8 Å². The summed E-state index contributed by atoms with van der Waals surface area (Å²) in [5, 5.41) is 5.31. The number of carbonyl (C=O) groups excluding carboxylic acids is 1. The quantitative estimate of drug-likeness (QED) is 0.315. The smallest absolute Gasteiger partial charge is 0.262 e. The number of hydrogen-bond donors (Lipinski definition) is 1. The van der Waals surface area contributed by atoms with Crippen LogP contribution in [-0.2, 0) is 4.79 Å². The van der Waals surface area contributed by atoms with Crippen LogP contribution in [0.15, 0.2) is 94.3 Å². The average Bonchev–Trinajstić information content (AvgIpc) is 2.87. The van der Waals surface area contributed by atoms with Gasteiger partial charge in [-0.25, -0.2) is 0 Å². The first-order valence-corrected chi connectivity index (χ1v) is 11.2. The predicted molar refractivity (Wildman–Crippen MR) is 137 cm³/mol. The average molecular weight is 466 g/mol. The molecule has 0 saturated heterocycles. The van der Waals surface area contributed by atoms with Gasteiger partial charge in [0.1, 0.15) is 23.3 Å². The van der Waals surface area contributed by atoms with Crippen molar-refractivity contribution in [3.8, 4) is 17.2 Å². The van der Waals surface area contributed by atoms with Crippen molar-refractivity contribution >= 4 is 33.3 Å². The molecule has 35 heavy (non-hydrogen) atoms. The van der Waals surface area contributed by atoms with E-state index in [1.165, 1.54) is 6.26 Å². The van der Waals surface area contributed by atoms with E-state index in [1.807, 2.05) is 74.5 Å². The van der Waals surface area contributed by atoms with E-state index in [-0.39, 0.29) is 23.7 Å². The summed E-state index contributed by atoms with van der Waals surface area (Å²) in [6, 6.07) is 24.1. The minimum Gasteiger partial charge on any atom is -0.484 e. The number of ether oxygens (including phenoxy) is 2. The molecule has 1 amide bonds. The monoisotopic (exact) mass is 465 g/mol. The highest BCUT2D eigenvalue weighted by Gasteiger charge is 2.12. The van der Waals surface area contributed by atoms with E-state index in [0.717, 1.165) is 27.6 Å². The lowest BCUT2D eigenvalue weighted by Crippen LogP contribution is -2.20. The molecule has 1 aromatic heterocycles. The molecule has 0 bridgehead atoms. The van der Waals surface area contributed by atoms with Gasteiger partial charge in [-0.05, 0) is 66.1 Å². The highest BCUT2D eigenvalue weighted by Crippen LogP contribution is 2.27. The molecule has 0 radical (unpaired) electrons. The van der Waals surface area contributed by atoms with E-state index in [1.54, 1.807) is 18.2 Å². The fraction of sp³-hybridized carbons (Fsp3) is 0.103. The Morgan fingerprint density at radius 2 is 1.69 bits per heavy atom. The molecule has 6 nitrogen and oxygen atoms in total. The maximum absolute atomic E-state index is 12.9. The lowest BCUT2D eigenvalue weighted by molar-refractivity contribution is -0.118. The van der Waals surface area contributed by atoms with Gasteiger partial charge in [0.05, 0.1) is 5.39 Å². The molecule has 4 aromatic carbocycles. The molecule has 5 rings (SSSR count). The van der Waals surface area contributed by atoms with E-state index < -0.39 is 0 Å². The van der Waals surface area contributed by atoms with E-state index in [2.05, 4.69) is 5.32 Å². The fourth-order valence-electron chi connectivity index (χ4n) is 3.83. The minimum atomic E-state index is -0.293. The number of anilines is 1. The van der Waals surface area contributed by atoms with Gasteiger partial charge in [-0.3, -0.25) is 9.59 Å². The van der Waals surface area contributed by atoms with Crippen molar-refractivity contribution in [2.45, 2.75) is 13.8 Å². The molecule has 0 spiro atoms. The van der Waals surface area contributed by atoms with Crippen LogP contribution in [0.2, 0.25) is 0 Å². The van der Waals surface area contributed by atoms with Crippen LogP contribution < -0.4 is 20.2 Å². The zero-order chi connectivity index (χ0) is 24.4. The summed E-state index contributed by atoms with van der Waals surface area (Å²) < 4.78 is 17.1. The van der Waals surface area contributed by atoms with Gasteiger partial charge in [0.25, 0.3) is 5.91 Å². The molecular formula is C29H23NO5. The van der Waals surface area contributed by atoms with Crippen LogP contribution in [0.5, 0.6) is 17.2 Å². The van der Waals surface area contributed by atoms with Gasteiger partial charge in [-0.1, -0.05) is 42.5 Å². The standard InChI is InChI=1S/C29H23NO5/c1-18-6-5-9-25(19(18)2)30-28(31)17-33-22-12-13-24-26(15-22)34-16-27(29(24)32)35-23-11-10-20-7-3-4-8-21(20)14-23/h3-16H,17H2,1-2H3,(H,30,31). The van der Waals surface area contributed by atoms with Gasteiger partial charge in [-0.15, -0.1) is 0 Å². The Morgan fingerprint density at radius 3 is 2.54 bits per heavy atom. The number of amides is 1. The van der Waals surface area contributed by atoms with Crippen LogP contribution in [0.1, 0.15) is 11.1 Å². The highest BCUT2D eigenvalue weighted by atomic mass is 16.5. The molecule has 0 aliphatic carbocycles. The van der Waals surface area contributed by atoms with E-state index in [0.29, 0.717) is 22.5 Å². The molecular weight excluding hydrogens is 442 g/mol. The summed E-state index contributed by atoms with van der Waals surface area (Å²) >= 11 is 0.